The number of para-hydroxylation sites is 2. The van der Waals surface area contributed by atoms with Gasteiger partial charge in [0.2, 0.25) is 9.84 Å². The van der Waals surface area contributed by atoms with Crippen LogP contribution in [0.2, 0.25) is 0 Å². The molecule has 0 saturated carbocycles. The van der Waals surface area contributed by atoms with Crippen molar-refractivity contribution >= 4 is 20.7 Å². The van der Waals surface area contributed by atoms with Gasteiger partial charge in [-0.1, -0.05) is 30.3 Å². The molecule has 0 amide bonds. The van der Waals surface area contributed by atoms with Gasteiger partial charge >= 0.3 is 6.36 Å². The number of nitrogens with zero attached hydrogens (tertiary/aromatic N) is 1. The summed E-state index contributed by atoms with van der Waals surface area (Å²) in [6, 6.07) is 12.8. The van der Waals surface area contributed by atoms with Gasteiger partial charge < -0.3 is 4.74 Å². The van der Waals surface area contributed by atoms with Crippen molar-refractivity contribution < 1.29 is 26.3 Å². The molecule has 0 spiro atoms. The molecule has 0 N–H and O–H groups in total. The van der Waals surface area contributed by atoms with Crippen molar-refractivity contribution in [2.75, 3.05) is 0 Å². The van der Waals surface area contributed by atoms with Crippen LogP contribution in [0.5, 0.6) is 5.75 Å². The Bertz CT molecular complexity index is 1000. The van der Waals surface area contributed by atoms with Gasteiger partial charge in [0.05, 0.1) is 10.4 Å². The molecule has 3 rings (SSSR count). The fourth-order valence-corrected chi connectivity index (χ4v) is 3.57. The Kier molecular flexibility index (Phi) is 3.92. The molecule has 0 atom stereocenters. The van der Waals surface area contributed by atoms with Crippen molar-refractivity contribution in [1.82, 2.24) is 4.98 Å². The average Bonchev–Trinajstić information content (AvgIpc) is 2.53. The Morgan fingerprint density at radius 1 is 0.958 bits per heavy atom. The third-order valence-electron chi connectivity index (χ3n) is 3.24. The predicted octanol–water partition coefficient (Wildman–Crippen LogP) is 3.97. The first-order chi connectivity index (χ1) is 11.3. The van der Waals surface area contributed by atoms with Gasteiger partial charge in [0.25, 0.3) is 0 Å². The smallest absolute Gasteiger partial charge is 0.404 e. The molecule has 4 nitrogen and oxygen atoms in total. The van der Waals surface area contributed by atoms with Gasteiger partial charge in [0, 0.05) is 11.6 Å². The molecular weight excluding hydrogens is 343 g/mol. The Morgan fingerprint density at radius 2 is 1.62 bits per heavy atom. The maximum atomic E-state index is 12.7. The van der Waals surface area contributed by atoms with Gasteiger partial charge in [0.1, 0.15) is 10.6 Å². The van der Waals surface area contributed by atoms with Crippen molar-refractivity contribution in [3.05, 3.63) is 60.8 Å². The van der Waals surface area contributed by atoms with E-state index in [1.165, 1.54) is 18.2 Å². The van der Waals surface area contributed by atoms with E-state index >= 15 is 0 Å². The molecule has 0 radical (unpaired) electrons. The van der Waals surface area contributed by atoms with Crippen molar-refractivity contribution in [1.29, 1.82) is 0 Å². The predicted molar refractivity (Wildman–Crippen MR) is 80.3 cm³/mol. The molecule has 0 fully saturated rings. The first-order valence-corrected chi connectivity index (χ1v) is 8.20. The number of aromatic nitrogens is 1. The molecule has 0 saturated heterocycles. The largest absolute Gasteiger partial charge is 0.573 e. The summed E-state index contributed by atoms with van der Waals surface area (Å²) < 4.78 is 66.7. The molecule has 1 aromatic heterocycles. The van der Waals surface area contributed by atoms with Gasteiger partial charge in [-0.05, 0) is 24.3 Å². The van der Waals surface area contributed by atoms with Crippen LogP contribution in [0.1, 0.15) is 0 Å². The van der Waals surface area contributed by atoms with Crippen LogP contribution in [0, 0.1) is 0 Å². The SMILES string of the molecule is O=S(=O)(c1cnc2ccccc2c1)c1ccccc1OC(F)(F)F. The van der Waals surface area contributed by atoms with Crippen LogP contribution in [0.25, 0.3) is 10.9 Å². The second-order valence-electron chi connectivity index (χ2n) is 4.86. The van der Waals surface area contributed by atoms with E-state index in [0.29, 0.717) is 10.9 Å². The van der Waals surface area contributed by atoms with Crippen LogP contribution in [0.3, 0.4) is 0 Å². The van der Waals surface area contributed by atoms with Crippen LogP contribution in [0.4, 0.5) is 13.2 Å². The topological polar surface area (TPSA) is 56.3 Å². The Balaban J connectivity index is 2.13. The maximum absolute atomic E-state index is 12.7. The normalized spacial score (nSPS) is 12.3. The number of hydrogen-bond acceptors (Lipinski definition) is 4. The maximum Gasteiger partial charge on any atom is 0.573 e. The molecule has 3 aromatic rings. The summed E-state index contributed by atoms with van der Waals surface area (Å²) in [6.07, 6.45) is -3.88. The fourth-order valence-electron chi connectivity index (χ4n) is 2.21. The highest BCUT2D eigenvalue weighted by Gasteiger charge is 2.34. The lowest BCUT2D eigenvalue weighted by Gasteiger charge is -2.13. The van der Waals surface area contributed by atoms with E-state index in [2.05, 4.69) is 9.72 Å². The molecule has 1 heterocycles. The van der Waals surface area contributed by atoms with Crippen molar-refractivity contribution in [3.63, 3.8) is 0 Å². The summed E-state index contributed by atoms with van der Waals surface area (Å²) in [5.74, 6) is -0.779. The van der Waals surface area contributed by atoms with Crippen LogP contribution >= 0.6 is 0 Å². The van der Waals surface area contributed by atoms with E-state index < -0.39 is 26.8 Å². The molecule has 0 aliphatic rings. The van der Waals surface area contributed by atoms with Gasteiger partial charge in [-0.25, -0.2) is 8.42 Å². The van der Waals surface area contributed by atoms with Crippen LogP contribution < -0.4 is 4.74 Å². The quantitative estimate of drug-likeness (QED) is 0.715. The average molecular weight is 353 g/mol. The lowest BCUT2D eigenvalue weighted by molar-refractivity contribution is -0.275. The highest BCUT2D eigenvalue weighted by Crippen LogP contribution is 2.33. The van der Waals surface area contributed by atoms with Crippen LogP contribution in [-0.2, 0) is 9.84 Å². The Labute approximate surface area is 135 Å². The number of rotatable bonds is 3. The molecule has 0 aliphatic carbocycles. The first kappa shape index (κ1) is 16.3. The van der Waals surface area contributed by atoms with E-state index in [-0.39, 0.29) is 4.90 Å². The minimum Gasteiger partial charge on any atom is -0.404 e. The van der Waals surface area contributed by atoms with Gasteiger partial charge in [-0.3, -0.25) is 4.98 Å². The summed E-state index contributed by atoms with van der Waals surface area (Å²) >= 11 is 0. The van der Waals surface area contributed by atoms with E-state index in [4.69, 9.17) is 0 Å². The zero-order valence-electron chi connectivity index (χ0n) is 12.0. The number of benzene rings is 2. The highest BCUT2D eigenvalue weighted by atomic mass is 32.2. The van der Waals surface area contributed by atoms with E-state index in [1.54, 1.807) is 24.3 Å². The summed E-state index contributed by atoms with van der Waals surface area (Å²) in [5.41, 5.74) is 0.580. The van der Waals surface area contributed by atoms with Gasteiger partial charge in [-0.15, -0.1) is 13.2 Å². The zero-order valence-corrected chi connectivity index (χ0v) is 12.8. The minimum absolute atomic E-state index is 0.209. The number of fused-ring (bicyclic) bond motifs is 1. The highest BCUT2D eigenvalue weighted by molar-refractivity contribution is 7.91. The van der Waals surface area contributed by atoms with Crippen LogP contribution in [-0.4, -0.2) is 19.8 Å². The number of alkyl halides is 3. The summed E-state index contributed by atoms with van der Waals surface area (Å²) in [4.78, 5) is 3.26. The third kappa shape index (κ3) is 3.18. The summed E-state index contributed by atoms with van der Waals surface area (Å²) in [7, 11) is -4.22. The molecule has 24 heavy (non-hydrogen) atoms. The molecule has 0 aliphatic heterocycles. The standard InChI is InChI=1S/C16H10F3NO3S/c17-16(18,19)23-14-7-3-4-8-15(14)24(21,22)12-9-11-5-1-2-6-13(11)20-10-12/h1-10H. The first-order valence-electron chi connectivity index (χ1n) is 6.72. The molecule has 0 bridgehead atoms. The number of hydrogen-bond donors (Lipinski definition) is 0. The van der Waals surface area contributed by atoms with Crippen LogP contribution in [0.15, 0.2) is 70.6 Å². The lowest BCUT2D eigenvalue weighted by atomic mass is 10.2. The lowest BCUT2D eigenvalue weighted by Crippen LogP contribution is -2.19. The Hall–Kier alpha value is -2.61. The van der Waals surface area contributed by atoms with Crippen molar-refractivity contribution in [3.8, 4) is 5.75 Å². The zero-order chi connectivity index (χ0) is 17.4. The van der Waals surface area contributed by atoms with E-state index in [0.717, 1.165) is 18.3 Å². The number of sulfone groups is 1. The molecule has 8 heteroatoms. The number of ether oxygens (including phenoxy) is 1. The van der Waals surface area contributed by atoms with E-state index in [1.807, 2.05) is 0 Å². The third-order valence-corrected chi connectivity index (χ3v) is 5.00. The second-order valence-corrected chi connectivity index (χ2v) is 6.78. The van der Waals surface area contributed by atoms with E-state index in [9.17, 15) is 21.6 Å². The monoisotopic (exact) mass is 353 g/mol. The number of halogens is 3. The van der Waals surface area contributed by atoms with Gasteiger partial charge in [0.15, 0.2) is 0 Å². The van der Waals surface area contributed by atoms with Crippen molar-refractivity contribution in [2.24, 2.45) is 0 Å². The molecule has 0 unspecified atom stereocenters. The minimum atomic E-state index is -4.99. The number of pyridine rings is 1. The Morgan fingerprint density at radius 3 is 2.38 bits per heavy atom. The summed E-state index contributed by atoms with van der Waals surface area (Å²) in [6.45, 7) is 0. The van der Waals surface area contributed by atoms with Gasteiger partial charge in [-0.2, -0.15) is 0 Å². The molecule has 2 aromatic carbocycles. The second kappa shape index (κ2) is 5.79. The molecular formula is C16H10F3NO3S. The summed E-state index contributed by atoms with van der Waals surface area (Å²) in [5, 5.41) is 0.563. The molecule has 124 valence electrons. The van der Waals surface area contributed by atoms with Crippen molar-refractivity contribution in [2.45, 2.75) is 16.2 Å². The fraction of sp³-hybridized carbons (Fsp3) is 0.0625.